The van der Waals surface area contributed by atoms with E-state index in [0.717, 1.165) is 13.0 Å². The van der Waals surface area contributed by atoms with Gasteiger partial charge in [-0.15, -0.1) is 0 Å². The third kappa shape index (κ3) is 5.12. The van der Waals surface area contributed by atoms with E-state index in [0.29, 0.717) is 12.1 Å². The molecule has 0 bridgehead atoms. The van der Waals surface area contributed by atoms with Gasteiger partial charge >= 0.3 is 0 Å². The molecule has 1 aromatic rings. The third-order valence-electron chi connectivity index (χ3n) is 2.64. The molecule has 0 aromatic heterocycles. The molecule has 0 amide bonds. The molecule has 0 aliphatic carbocycles. The van der Waals surface area contributed by atoms with E-state index in [1.165, 1.54) is 12.1 Å². The lowest BCUT2D eigenvalue weighted by molar-refractivity contribution is 0.167. The molecule has 0 saturated carbocycles. The van der Waals surface area contributed by atoms with Crippen LogP contribution in [0.4, 0.5) is 8.78 Å². The summed E-state index contributed by atoms with van der Waals surface area (Å²) in [5.74, 6) is -1.96. The van der Waals surface area contributed by atoms with Gasteiger partial charge in [0.1, 0.15) is 0 Å². The van der Waals surface area contributed by atoms with Gasteiger partial charge in [0, 0.05) is 19.1 Å². The second kappa shape index (κ2) is 8.07. The summed E-state index contributed by atoms with van der Waals surface area (Å²) in [6.07, 6.45) is 0.963. The van der Waals surface area contributed by atoms with Crippen molar-refractivity contribution in [2.75, 3.05) is 19.8 Å². The van der Waals surface area contributed by atoms with Crippen LogP contribution in [0.2, 0.25) is 0 Å². The summed E-state index contributed by atoms with van der Waals surface area (Å²) >= 11 is 0. The average molecular weight is 273 g/mol. The Morgan fingerprint density at radius 1 is 1.32 bits per heavy atom. The first-order valence-corrected chi connectivity index (χ1v) is 6.50. The fourth-order valence-electron chi connectivity index (χ4n) is 1.54. The highest BCUT2D eigenvalue weighted by atomic mass is 19.1. The highest BCUT2D eigenvalue weighted by Crippen LogP contribution is 2.23. The van der Waals surface area contributed by atoms with Crippen LogP contribution in [0.3, 0.4) is 0 Å². The summed E-state index contributed by atoms with van der Waals surface area (Å²) in [7, 11) is 0. The second-order valence-corrected chi connectivity index (χ2v) is 4.66. The van der Waals surface area contributed by atoms with E-state index < -0.39 is 11.6 Å². The largest absolute Gasteiger partial charge is 0.487 e. The van der Waals surface area contributed by atoms with Gasteiger partial charge in [0.15, 0.2) is 17.4 Å². The molecule has 1 rings (SSSR count). The van der Waals surface area contributed by atoms with E-state index in [1.807, 2.05) is 6.92 Å². The number of hydrogen-bond acceptors (Lipinski definition) is 3. The van der Waals surface area contributed by atoms with Crippen molar-refractivity contribution in [1.29, 1.82) is 0 Å². The smallest absolute Gasteiger partial charge is 0.190 e. The molecule has 0 aliphatic heterocycles. The second-order valence-electron chi connectivity index (χ2n) is 4.66. The lowest BCUT2D eigenvalue weighted by atomic mass is 10.2. The Morgan fingerprint density at radius 3 is 2.47 bits per heavy atom. The van der Waals surface area contributed by atoms with Crippen LogP contribution >= 0.6 is 0 Å². The summed E-state index contributed by atoms with van der Waals surface area (Å²) in [5.41, 5.74) is 0.547. The maximum absolute atomic E-state index is 13.7. The number of hydrogen-bond donors (Lipinski definition) is 2. The minimum absolute atomic E-state index is 0.0811. The van der Waals surface area contributed by atoms with Gasteiger partial charge in [-0.05, 0) is 30.7 Å². The quantitative estimate of drug-likeness (QED) is 0.715. The number of benzene rings is 1. The minimum atomic E-state index is -0.710. The van der Waals surface area contributed by atoms with Gasteiger partial charge in [-0.3, -0.25) is 0 Å². The highest BCUT2D eigenvalue weighted by Gasteiger charge is 2.13. The van der Waals surface area contributed by atoms with Crippen molar-refractivity contribution in [3.63, 3.8) is 0 Å². The number of aliphatic hydroxyl groups excluding tert-OH is 1. The number of ether oxygens (including phenoxy) is 1. The van der Waals surface area contributed by atoms with Crippen molar-refractivity contribution >= 4 is 0 Å². The topological polar surface area (TPSA) is 41.5 Å². The summed E-state index contributed by atoms with van der Waals surface area (Å²) in [5, 5.41) is 11.9. The maximum atomic E-state index is 13.7. The Balaban J connectivity index is 2.68. The van der Waals surface area contributed by atoms with E-state index in [-0.39, 0.29) is 24.9 Å². The lowest BCUT2D eigenvalue weighted by Gasteiger charge is -2.13. The van der Waals surface area contributed by atoms with Crippen molar-refractivity contribution < 1.29 is 18.6 Å². The standard InChI is InChI=1S/C14H21F2NO2/c1-3-4-17-7-11-5-12(15)14(13(16)6-11)19-9-10(2)8-18/h5-6,10,17-18H,3-4,7-9H2,1-2H3. The first kappa shape index (κ1) is 15.9. The van der Waals surface area contributed by atoms with Crippen molar-refractivity contribution in [2.45, 2.75) is 26.8 Å². The Labute approximate surface area is 112 Å². The molecular formula is C14H21F2NO2. The number of halogens is 2. The van der Waals surface area contributed by atoms with Crippen molar-refractivity contribution in [3.8, 4) is 5.75 Å². The van der Waals surface area contributed by atoms with Crippen LogP contribution in [0.1, 0.15) is 25.8 Å². The molecule has 19 heavy (non-hydrogen) atoms. The lowest BCUT2D eigenvalue weighted by Crippen LogP contribution is -2.15. The van der Waals surface area contributed by atoms with E-state index in [4.69, 9.17) is 9.84 Å². The molecule has 0 fully saturated rings. The first-order valence-electron chi connectivity index (χ1n) is 6.50. The molecule has 0 heterocycles. The van der Waals surface area contributed by atoms with Crippen LogP contribution in [0.25, 0.3) is 0 Å². The van der Waals surface area contributed by atoms with Gasteiger partial charge in [0.25, 0.3) is 0 Å². The summed E-state index contributed by atoms with van der Waals surface area (Å²) in [4.78, 5) is 0. The molecule has 0 radical (unpaired) electrons. The van der Waals surface area contributed by atoms with E-state index >= 15 is 0 Å². The summed E-state index contributed by atoms with van der Waals surface area (Å²) < 4.78 is 32.5. The molecule has 5 heteroatoms. The van der Waals surface area contributed by atoms with Crippen molar-refractivity contribution in [2.24, 2.45) is 5.92 Å². The number of rotatable bonds is 8. The normalized spacial score (nSPS) is 12.5. The number of aliphatic hydroxyl groups is 1. The number of nitrogens with one attached hydrogen (secondary N) is 1. The molecule has 2 N–H and O–H groups in total. The van der Waals surface area contributed by atoms with Gasteiger partial charge in [0.05, 0.1) is 6.61 Å². The van der Waals surface area contributed by atoms with Crippen LogP contribution in [-0.4, -0.2) is 24.9 Å². The van der Waals surface area contributed by atoms with Gasteiger partial charge in [-0.2, -0.15) is 0 Å². The zero-order valence-electron chi connectivity index (χ0n) is 11.4. The van der Waals surface area contributed by atoms with E-state index in [1.54, 1.807) is 6.92 Å². The summed E-state index contributed by atoms with van der Waals surface area (Å²) in [6.45, 7) is 4.98. The fraction of sp³-hybridized carbons (Fsp3) is 0.571. The molecule has 3 nitrogen and oxygen atoms in total. The van der Waals surface area contributed by atoms with E-state index in [9.17, 15) is 8.78 Å². The molecule has 1 aromatic carbocycles. The van der Waals surface area contributed by atoms with Gasteiger partial charge in [-0.25, -0.2) is 8.78 Å². The molecule has 0 aliphatic rings. The minimum Gasteiger partial charge on any atom is -0.487 e. The fourth-order valence-corrected chi connectivity index (χ4v) is 1.54. The van der Waals surface area contributed by atoms with Gasteiger partial charge in [0.2, 0.25) is 0 Å². The van der Waals surface area contributed by atoms with Crippen LogP contribution in [0, 0.1) is 17.6 Å². The van der Waals surface area contributed by atoms with Crippen LogP contribution in [0.5, 0.6) is 5.75 Å². The predicted octanol–water partition coefficient (Wildman–Crippen LogP) is 2.47. The predicted molar refractivity (Wildman–Crippen MR) is 70.1 cm³/mol. The molecular weight excluding hydrogens is 252 g/mol. The van der Waals surface area contributed by atoms with E-state index in [2.05, 4.69) is 5.32 Å². The first-order chi connectivity index (χ1) is 9.08. The summed E-state index contributed by atoms with van der Waals surface area (Å²) in [6, 6.07) is 2.54. The molecule has 108 valence electrons. The monoisotopic (exact) mass is 273 g/mol. The van der Waals surface area contributed by atoms with Crippen molar-refractivity contribution in [1.82, 2.24) is 5.32 Å². The zero-order chi connectivity index (χ0) is 14.3. The Hall–Kier alpha value is -1.20. The highest BCUT2D eigenvalue weighted by molar-refractivity contribution is 5.31. The average Bonchev–Trinajstić information content (AvgIpc) is 2.37. The van der Waals surface area contributed by atoms with Crippen molar-refractivity contribution in [3.05, 3.63) is 29.3 Å². The Kier molecular flexibility index (Phi) is 6.73. The zero-order valence-corrected chi connectivity index (χ0v) is 11.4. The van der Waals surface area contributed by atoms with Crippen LogP contribution in [0.15, 0.2) is 12.1 Å². The van der Waals surface area contributed by atoms with Crippen LogP contribution < -0.4 is 10.1 Å². The Bertz CT molecular complexity index is 376. The molecule has 0 saturated heterocycles. The Morgan fingerprint density at radius 2 is 1.95 bits per heavy atom. The van der Waals surface area contributed by atoms with Gasteiger partial charge in [-0.1, -0.05) is 13.8 Å². The molecule has 1 unspecified atom stereocenters. The maximum Gasteiger partial charge on any atom is 0.190 e. The third-order valence-corrected chi connectivity index (χ3v) is 2.64. The molecule has 1 atom stereocenters. The SMILES string of the molecule is CCCNCc1cc(F)c(OCC(C)CO)c(F)c1. The van der Waals surface area contributed by atoms with Gasteiger partial charge < -0.3 is 15.2 Å². The van der Waals surface area contributed by atoms with Crippen LogP contribution in [-0.2, 0) is 6.54 Å². The molecule has 0 spiro atoms.